The van der Waals surface area contributed by atoms with Crippen LogP contribution in [0.4, 0.5) is 0 Å². The number of carbonyl (C=O) groups excluding carboxylic acids is 1. The van der Waals surface area contributed by atoms with Crippen molar-refractivity contribution in [2.24, 2.45) is 5.73 Å². The van der Waals surface area contributed by atoms with Gasteiger partial charge in [-0.05, 0) is 62.1 Å². The summed E-state index contributed by atoms with van der Waals surface area (Å²) in [5, 5.41) is 13.7. The summed E-state index contributed by atoms with van der Waals surface area (Å²) in [6.45, 7) is 8.26. The van der Waals surface area contributed by atoms with Crippen molar-refractivity contribution < 1.29 is 14.1 Å². The molecule has 0 fully saturated rings. The summed E-state index contributed by atoms with van der Waals surface area (Å²) in [5.74, 6) is 1.13. The molecule has 1 amide bonds. The van der Waals surface area contributed by atoms with Gasteiger partial charge >= 0.3 is 0 Å². The molecule has 0 bridgehead atoms. The largest absolute Gasteiger partial charge is 0.490 e. The molecule has 0 unspecified atom stereocenters. The van der Waals surface area contributed by atoms with Gasteiger partial charge in [-0.25, -0.2) is 0 Å². The molecule has 3 aromatic rings. The van der Waals surface area contributed by atoms with Gasteiger partial charge in [0.1, 0.15) is 11.8 Å². The van der Waals surface area contributed by atoms with Gasteiger partial charge in [0.05, 0.1) is 11.7 Å². The molecule has 4 rings (SSSR count). The molecule has 8 nitrogen and oxygen atoms in total. The number of fused-ring (bicyclic) bond motifs is 1. The van der Waals surface area contributed by atoms with E-state index in [1.165, 1.54) is 11.1 Å². The maximum Gasteiger partial charge on any atom is 0.258 e. The van der Waals surface area contributed by atoms with Crippen LogP contribution in [-0.2, 0) is 17.8 Å². The van der Waals surface area contributed by atoms with Gasteiger partial charge in [-0.15, -0.1) is 0 Å². The Labute approximate surface area is 193 Å². The standard InChI is InChI=1S/C25H27N5O3/c1-15(2)32-22-7-5-17(12-19(22)13-26)25-28-24(29-33-25)21-6-4-18-14-30(11-9-23(27)31)10-8-20(18)16(21)3/h4-7,12,15H,8-11,14H2,1-3H3,(H2,27,31). The van der Waals surface area contributed by atoms with Crippen molar-refractivity contribution >= 4 is 5.91 Å². The zero-order valence-corrected chi connectivity index (χ0v) is 19.1. The Balaban J connectivity index is 1.57. The second-order valence-electron chi connectivity index (χ2n) is 8.53. The van der Waals surface area contributed by atoms with E-state index in [1.807, 2.05) is 26.0 Å². The molecule has 2 N–H and O–H groups in total. The number of nitriles is 1. The number of primary amides is 1. The molecule has 2 aromatic carbocycles. The van der Waals surface area contributed by atoms with Crippen LogP contribution in [0.5, 0.6) is 5.75 Å². The Kier molecular flexibility index (Phi) is 6.43. The summed E-state index contributed by atoms with van der Waals surface area (Å²) in [5.41, 5.74) is 11.0. The second-order valence-corrected chi connectivity index (χ2v) is 8.53. The zero-order valence-electron chi connectivity index (χ0n) is 19.1. The molecule has 0 spiro atoms. The fraction of sp³-hybridized carbons (Fsp3) is 0.360. The maximum absolute atomic E-state index is 11.1. The van der Waals surface area contributed by atoms with Gasteiger partial charge in [0.15, 0.2) is 0 Å². The van der Waals surface area contributed by atoms with Crippen LogP contribution in [0.25, 0.3) is 22.8 Å². The normalized spacial score (nSPS) is 13.5. The molecule has 1 aromatic heterocycles. The Morgan fingerprint density at radius 3 is 2.88 bits per heavy atom. The Hall–Kier alpha value is -3.70. The smallest absolute Gasteiger partial charge is 0.258 e. The molecule has 1 aliphatic rings. The van der Waals surface area contributed by atoms with Crippen molar-refractivity contribution in [1.29, 1.82) is 5.26 Å². The first-order valence-corrected chi connectivity index (χ1v) is 11.0. The Bertz CT molecular complexity index is 1230. The van der Waals surface area contributed by atoms with Crippen molar-refractivity contribution in [3.05, 3.63) is 52.6 Å². The van der Waals surface area contributed by atoms with Gasteiger partial charge in [0.25, 0.3) is 5.89 Å². The zero-order chi connectivity index (χ0) is 23.5. The van der Waals surface area contributed by atoms with Gasteiger partial charge in [-0.2, -0.15) is 10.2 Å². The number of benzene rings is 2. The van der Waals surface area contributed by atoms with Crippen LogP contribution in [0.1, 0.15) is 42.5 Å². The summed E-state index contributed by atoms with van der Waals surface area (Å²) in [6, 6.07) is 11.6. The first-order chi connectivity index (χ1) is 15.9. The third-order valence-corrected chi connectivity index (χ3v) is 5.82. The van der Waals surface area contributed by atoms with E-state index in [2.05, 4.69) is 34.1 Å². The first kappa shape index (κ1) is 22.5. The van der Waals surface area contributed by atoms with E-state index in [-0.39, 0.29) is 12.0 Å². The summed E-state index contributed by atoms with van der Waals surface area (Å²) in [4.78, 5) is 17.9. The Morgan fingerprint density at radius 2 is 2.15 bits per heavy atom. The van der Waals surface area contributed by atoms with Crippen molar-refractivity contribution in [3.8, 4) is 34.7 Å². The summed E-state index contributed by atoms with van der Waals surface area (Å²) >= 11 is 0. The summed E-state index contributed by atoms with van der Waals surface area (Å²) in [7, 11) is 0. The predicted octanol–water partition coefficient (Wildman–Crippen LogP) is 3.60. The molecule has 1 aliphatic heterocycles. The van der Waals surface area contributed by atoms with Crippen LogP contribution in [0.3, 0.4) is 0 Å². The highest BCUT2D eigenvalue weighted by Crippen LogP contribution is 2.32. The van der Waals surface area contributed by atoms with Gasteiger partial charge in [0.2, 0.25) is 11.7 Å². The average molecular weight is 446 g/mol. The van der Waals surface area contributed by atoms with E-state index >= 15 is 0 Å². The van der Waals surface area contributed by atoms with E-state index in [0.29, 0.717) is 41.6 Å². The molecule has 0 saturated heterocycles. The monoisotopic (exact) mass is 445 g/mol. The van der Waals surface area contributed by atoms with E-state index in [9.17, 15) is 10.1 Å². The van der Waals surface area contributed by atoms with E-state index in [1.54, 1.807) is 12.1 Å². The lowest BCUT2D eigenvalue weighted by molar-refractivity contribution is -0.118. The number of aromatic nitrogens is 2. The summed E-state index contributed by atoms with van der Waals surface area (Å²) < 4.78 is 11.2. The predicted molar refractivity (Wildman–Crippen MR) is 123 cm³/mol. The highest BCUT2D eigenvalue weighted by Gasteiger charge is 2.22. The number of nitrogens with zero attached hydrogens (tertiary/aromatic N) is 4. The van der Waals surface area contributed by atoms with Crippen LogP contribution < -0.4 is 10.5 Å². The molecule has 0 atom stereocenters. The lowest BCUT2D eigenvalue weighted by Gasteiger charge is -2.29. The fourth-order valence-electron chi connectivity index (χ4n) is 4.16. The van der Waals surface area contributed by atoms with E-state index in [0.717, 1.165) is 30.6 Å². The lowest BCUT2D eigenvalue weighted by atomic mass is 9.91. The van der Waals surface area contributed by atoms with Crippen molar-refractivity contribution in [3.63, 3.8) is 0 Å². The average Bonchev–Trinajstić information content (AvgIpc) is 3.27. The number of ether oxygens (including phenoxy) is 1. The molecule has 0 aliphatic carbocycles. The van der Waals surface area contributed by atoms with Crippen molar-refractivity contribution in [2.75, 3.05) is 13.1 Å². The molecule has 0 saturated carbocycles. The number of rotatable bonds is 7. The molecular formula is C25H27N5O3. The van der Waals surface area contributed by atoms with Gasteiger partial charge < -0.3 is 15.0 Å². The highest BCUT2D eigenvalue weighted by molar-refractivity contribution is 5.74. The third kappa shape index (κ3) is 4.89. The minimum Gasteiger partial charge on any atom is -0.490 e. The number of hydrogen-bond acceptors (Lipinski definition) is 7. The minimum absolute atomic E-state index is 0.0276. The van der Waals surface area contributed by atoms with E-state index < -0.39 is 0 Å². The Morgan fingerprint density at radius 1 is 1.33 bits per heavy atom. The van der Waals surface area contributed by atoms with Crippen LogP contribution >= 0.6 is 0 Å². The number of carbonyl (C=O) groups is 1. The van der Waals surface area contributed by atoms with Gasteiger partial charge in [0, 0.05) is 37.2 Å². The topological polar surface area (TPSA) is 118 Å². The van der Waals surface area contributed by atoms with Gasteiger partial charge in [-0.3, -0.25) is 9.69 Å². The van der Waals surface area contributed by atoms with Crippen molar-refractivity contribution in [1.82, 2.24) is 15.0 Å². The number of nitrogens with two attached hydrogens (primary N) is 1. The number of hydrogen-bond donors (Lipinski definition) is 1. The molecular weight excluding hydrogens is 418 g/mol. The van der Waals surface area contributed by atoms with E-state index in [4.69, 9.17) is 15.0 Å². The molecule has 170 valence electrons. The maximum atomic E-state index is 11.1. The second kappa shape index (κ2) is 9.43. The highest BCUT2D eigenvalue weighted by atomic mass is 16.5. The molecule has 2 heterocycles. The molecule has 33 heavy (non-hydrogen) atoms. The summed E-state index contributed by atoms with van der Waals surface area (Å²) in [6.07, 6.45) is 1.23. The van der Waals surface area contributed by atoms with Crippen molar-refractivity contribution in [2.45, 2.75) is 46.3 Å². The van der Waals surface area contributed by atoms with Crippen LogP contribution in [0, 0.1) is 18.3 Å². The van der Waals surface area contributed by atoms with Gasteiger partial charge in [-0.1, -0.05) is 17.3 Å². The third-order valence-electron chi connectivity index (χ3n) is 5.82. The minimum atomic E-state index is -0.274. The van der Waals surface area contributed by atoms with Crippen LogP contribution in [0.15, 0.2) is 34.9 Å². The lowest BCUT2D eigenvalue weighted by Crippen LogP contribution is -2.33. The molecule has 8 heteroatoms. The quantitative estimate of drug-likeness (QED) is 0.590. The number of amides is 1. The van der Waals surface area contributed by atoms with Crippen LogP contribution in [-0.4, -0.2) is 40.1 Å². The van der Waals surface area contributed by atoms with Crippen LogP contribution in [0.2, 0.25) is 0 Å². The SMILES string of the molecule is Cc1c(-c2noc(-c3ccc(OC(C)C)c(C#N)c3)n2)ccc2c1CCN(CCC(N)=O)C2. The molecule has 0 radical (unpaired) electrons. The first-order valence-electron chi connectivity index (χ1n) is 11.0. The fourth-order valence-corrected chi connectivity index (χ4v) is 4.16.